The van der Waals surface area contributed by atoms with E-state index < -0.39 is 5.43 Å². The average Bonchev–Trinajstić information content (AvgIpc) is 3.49. The van der Waals surface area contributed by atoms with E-state index in [1.165, 1.54) is 46.9 Å². The molecule has 0 amide bonds. The van der Waals surface area contributed by atoms with Crippen LogP contribution >= 0.6 is 23.1 Å². The van der Waals surface area contributed by atoms with Gasteiger partial charge in [0.15, 0.2) is 26.6 Å². The Morgan fingerprint density at radius 2 is 1.64 bits per heavy atom. The molecule has 3 heterocycles. The maximum Gasteiger partial charge on any atom is 0.239 e. The molecule has 0 radical (unpaired) electrons. The highest BCUT2D eigenvalue weighted by molar-refractivity contribution is 8.00. The minimum Gasteiger partial charge on any atom is -0.496 e. The van der Waals surface area contributed by atoms with Crippen LogP contribution in [0.5, 0.6) is 34.5 Å². The van der Waals surface area contributed by atoms with Crippen LogP contribution in [-0.2, 0) is 12.4 Å². The monoisotopic (exact) mass is 609 g/mol. The third-order valence-corrected chi connectivity index (χ3v) is 8.25. The van der Waals surface area contributed by atoms with E-state index in [4.69, 9.17) is 32.8 Å². The largest absolute Gasteiger partial charge is 0.496 e. The Labute approximate surface area is 249 Å². The second-order valence-corrected chi connectivity index (χ2v) is 10.9. The lowest BCUT2D eigenvalue weighted by molar-refractivity contribution is 0.295. The molecule has 0 aliphatic carbocycles. The minimum atomic E-state index is -0.435. The summed E-state index contributed by atoms with van der Waals surface area (Å²) in [5.41, 5.74) is 1.35. The molecule has 0 atom stereocenters. The van der Waals surface area contributed by atoms with Crippen LogP contribution in [0, 0.1) is 0 Å². The van der Waals surface area contributed by atoms with Gasteiger partial charge in [-0.15, -0.1) is 10.2 Å². The number of nitrogens with zero attached hydrogens (tertiary/aromatic N) is 3. The van der Waals surface area contributed by atoms with Crippen molar-refractivity contribution in [3.05, 3.63) is 69.6 Å². The van der Waals surface area contributed by atoms with Crippen LogP contribution in [0.4, 0.5) is 0 Å². The fourth-order valence-electron chi connectivity index (χ4n) is 4.17. The second kappa shape index (κ2) is 13.0. The molecule has 13 heteroatoms. The smallest absolute Gasteiger partial charge is 0.239 e. The second-order valence-electron chi connectivity index (χ2n) is 8.61. The topological polar surface area (TPSA) is 124 Å². The van der Waals surface area contributed by atoms with Crippen LogP contribution in [0.25, 0.3) is 22.3 Å². The van der Waals surface area contributed by atoms with E-state index in [0.29, 0.717) is 39.3 Å². The molecule has 218 valence electrons. The first kappa shape index (κ1) is 29.0. The quantitative estimate of drug-likeness (QED) is 0.163. The lowest BCUT2D eigenvalue weighted by atomic mass is 10.1. The number of ether oxygens (including phenoxy) is 6. The SMILES string of the molecule is COc1cc(OC)c2c(=O)c(OCc3nnc(SCc4cccnc4)s3)c(-c3cc(OC)c(OC)c(OC)c3)oc2c1. The van der Waals surface area contributed by atoms with Gasteiger partial charge in [0.25, 0.3) is 0 Å². The summed E-state index contributed by atoms with van der Waals surface area (Å²) in [7, 11) is 7.50. The maximum absolute atomic E-state index is 14.0. The van der Waals surface area contributed by atoms with Crippen LogP contribution in [0.1, 0.15) is 10.6 Å². The normalized spacial score (nSPS) is 10.9. The average molecular weight is 610 g/mol. The number of rotatable bonds is 12. The number of pyridine rings is 1. The highest BCUT2D eigenvalue weighted by atomic mass is 32.2. The molecule has 5 rings (SSSR count). The lowest BCUT2D eigenvalue weighted by Crippen LogP contribution is -2.11. The van der Waals surface area contributed by atoms with Gasteiger partial charge in [-0.05, 0) is 23.8 Å². The van der Waals surface area contributed by atoms with Gasteiger partial charge in [-0.1, -0.05) is 29.2 Å². The number of hydrogen-bond donors (Lipinski definition) is 0. The molecule has 0 unspecified atom stereocenters. The summed E-state index contributed by atoms with van der Waals surface area (Å²) in [6.45, 7) is -0.0166. The van der Waals surface area contributed by atoms with Crippen molar-refractivity contribution in [2.24, 2.45) is 0 Å². The third kappa shape index (κ3) is 5.92. The first-order valence-corrected chi connectivity index (χ1v) is 14.3. The standard InChI is InChI=1S/C29H27N3O8S2/c1-34-18-11-19(35-2)24-20(12-18)40-26(17-9-21(36-3)27(38-5)22(10-17)37-4)28(25(24)33)39-14-23-31-32-29(42-23)41-15-16-7-6-8-30-13-16/h6-13H,14-15H2,1-5H3. The number of aromatic nitrogens is 3. The van der Waals surface area contributed by atoms with Crippen LogP contribution in [-0.4, -0.2) is 50.7 Å². The minimum absolute atomic E-state index is 0.0166. The molecule has 0 spiro atoms. The van der Waals surface area contributed by atoms with Crippen molar-refractivity contribution in [1.29, 1.82) is 0 Å². The number of methoxy groups -OCH3 is 5. The van der Waals surface area contributed by atoms with E-state index in [0.717, 1.165) is 9.90 Å². The Morgan fingerprint density at radius 3 is 2.29 bits per heavy atom. The molecule has 0 N–H and O–H groups in total. The third-order valence-electron chi connectivity index (χ3n) is 6.15. The van der Waals surface area contributed by atoms with Gasteiger partial charge in [-0.2, -0.15) is 0 Å². The van der Waals surface area contributed by atoms with Crippen LogP contribution in [0.15, 0.2) is 62.3 Å². The number of thioether (sulfide) groups is 1. The van der Waals surface area contributed by atoms with Crippen molar-refractivity contribution in [3.63, 3.8) is 0 Å². The van der Waals surface area contributed by atoms with Gasteiger partial charge < -0.3 is 32.8 Å². The Balaban J connectivity index is 1.56. The zero-order valence-corrected chi connectivity index (χ0v) is 25.1. The molecule has 0 aliphatic heterocycles. The van der Waals surface area contributed by atoms with Crippen molar-refractivity contribution in [1.82, 2.24) is 15.2 Å². The van der Waals surface area contributed by atoms with E-state index >= 15 is 0 Å². The molecule has 0 bridgehead atoms. The van der Waals surface area contributed by atoms with Crippen molar-refractivity contribution < 1.29 is 32.8 Å². The molecule has 2 aromatic carbocycles. The van der Waals surface area contributed by atoms with Gasteiger partial charge in [0, 0.05) is 35.8 Å². The molecule has 11 nitrogen and oxygen atoms in total. The summed E-state index contributed by atoms with van der Waals surface area (Å²) in [4.78, 5) is 18.1. The number of fused-ring (bicyclic) bond motifs is 1. The first-order chi connectivity index (χ1) is 20.5. The van der Waals surface area contributed by atoms with E-state index in [9.17, 15) is 4.79 Å². The Morgan fingerprint density at radius 1 is 0.881 bits per heavy atom. The zero-order chi connectivity index (χ0) is 29.6. The highest BCUT2D eigenvalue weighted by Gasteiger charge is 2.25. The van der Waals surface area contributed by atoms with E-state index in [-0.39, 0.29) is 34.8 Å². The summed E-state index contributed by atoms with van der Waals surface area (Å²) in [5.74, 6) is 2.69. The van der Waals surface area contributed by atoms with Gasteiger partial charge in [0.2, 0.25) is 16.9 Å². The van der Waals surface area contributed by atoms with Gasteiger partial charge in [-0.3, -0.25) is 9.78 Å². The van der Waals surface area contributed by atoms with Gasteiger partial charge in [0.1, 0.15) is 29.1 Å². The Kier molecular flexibility index (Phi) is 8.98. The lowest BCUT2D eigenvalue weighted by Gasteiger charge is -2.16. The van der Waals surface area contributed by atoms with Crippen LogP contribution in [0.2, 0.25) is 0 Å². The fraction of sp³-hybridized carbons (Fsp3) is 0.241. The van der Waals surface area contributed by atoms with Gasteiger partial charge >= 0.3 is 0 Å². The summed E-state index contributed by atoms with van der Waals surface area (Å²) in [6, 6.07) is 10.5. The summed E-state index contributed by atoms with van der Waals surface area (Å²) < 4.78 is 40.6. The Hall–Kier alpha value is -4.49. The van der Waals surface area contributed by atoms with Crippen LogP contribution in [0.3, 0.4) is 0 Å². The van der Waals surface area contributed by atoms with Crippen molar-refractivity contribution in [3.8, 4) is 45.8 Å². The summed E-state index contributed by atoms with van der Waals surface area (Å²) >= 11 is 2.92. The van der Waals surface area contributed by atoms with Crippen molar-refractivity contribution in [2.45, 2.75) is 16.7 Å². The van der Waals surface area contributed by atoms with Gasteiger partial charge in [0.05, 0.1) is 35.5 Å². The molecule has 3 aromatic heterocycles. The fourth-order valence-corrected chi connectivity index (χ4v) is 5.92. The van der Waals surface area contributed by atoms with Gasteiger partial charge in [-0.25, -0.2) is 0 Å². The predicted octanol–water partition coefficient (Wildman–Crippen LogP) is 5.62. The molecular formula is C29H27N3O8S2. The number of hydrogen-bond acceptors (Lipinski definition) is 13. The van der Waals surface area contributed by atoms with Crippen molar-refractivity contribution in [2.75, 3.05) is 35.5 Å². The summed E-state index contributed by atoms with van der Waals surface area (Å²) in [5, 5.41) is 9.29. The van der Waals surface area contributed by atoms with Crippen molar-refractivity contribution >= 4 is 34.1 Å². The molecule has 0 aliphatic rings. The molecule has 5 aromatic rings. The Bertz CT molecular complexity index is 1730. The highest BCUT2D eigenvalue weighted by Crippen LogP contribution is 2.44. The first-order valence-electron chi connectivity index (χ1n) is 12.5. The molecule has 0 fully saturated rings. The molecule has 0 saturated carbocycles. The summed E-state index contributed by atoms with van der Waals surface area (Å²) in [6.07, 6.45) is 3.54. The molecule has 0 saturated heterocycles. The number of benzene rings is 2. The zero-order valence-electron chi connectivity index (χ0n) is 23.5. The van der Waals surface area contributed by atoms with E-state index in [1.54, 1.807) is 42.2 Å². The molecule has 42 heavy (non-hydrogen) atoms. The van der Waals surface area contributed by atoms with Crippen LogP contribution < -0.4 is 33.8 Å². The van der Waals surface area contributed by atoms with E-state index in [1.807, 2.05) is 18.3 Å². The maximum atomic E-state index is 14.0. The predicted molar refractivity (Wildman–Crippen MR) is 159 cm³/mol. The van der Waals surface area contributed by atoms with E-state index in [2.05, 4.69) is 15.2 Å². The molecular weight excluding hydrogens is 582 g/mol.